The Labute approximate surface area is 200 Å². The van der Waals surface area contributed by atoms with Crippen molar-refractivity contribution in [2.24, 2.45) is 0 Å². The van der Waals surface area contributed by atoms with E-state index in [1.165, 1.54) is 6.92 Å². The smallest absolute Gasteiger partial charge is 0.549 e. The topological polar surface area (TPSA) is 149 Å². The summed E-state index contributed by atoms with van der Waals surface area (Å²) in [5.41, 5.74) is 0. The van der Waals surface area contributed by atoms with Crippen molar-refractivity contribution < 1.29 is 34.4 Å². The third-order valence-corrected chi connectivity index (χ3v) is 4.22. The molecule has 1 atom stereocenters. The monoisotopic (exact) mass is 442 g/mol. The molecule has 162 valence electrons. The van der Waals surface area contributed by atoms with Crippen LogP contribution in [-0.4, -0.2) is 160 Å². The Kier molecular flexibility index (Phi) is 15.9. The van der Waals surface area contributed by atoms with Gasteiger partial charge in [0.15, 0.2) is 0 Å². The molecule has 1 saturated heterocycles. The van der Waals surface area contributed by atoms with Crippen molar-refractivity contribution >= 4 is 55.6 Å². The summed E-state index contributed by atoms with van der Waals surface area (Å²) in [7, 11) is 0. The van der Waals surface area contributed by atoms with Gasteiger partial charge in [-0.15, -0.1) is 0 Å². The maximum Gasteiger partial charge on any atom is 2.00 e. The Morgan fingerprint density at radius 2 is 1.31 bits per heavy atom. The summed E-state index contributed by atoms with van der Waals surface area (Å²) in [5, 5.41) is 34.3. The Morgan fingerprint density at radius 3 is 1.72 bits per heavy atom. The summed E-state index contributed by atoms with van der Waals surface area (Å²) in [4.78, 5) is 39.0. The summed E-state index contributed by atoms with van der Waals surface area (Å²) in [6.45, 7) is 4.64. The van der Waals surface area contributed by atoms with E-state index in [4.69, 9.17) is 4.74 Å². The maximum absolute atomic E-state index is 11.9. The van der Waals surface area contributed by atoms with Gasteiger partial charge in [-0.05, 0) is 6.92 Å². The zero-order valence-corrected chi connectivity index (χ0v) is 19.2. The van der Waals surface area contributed by atoms with Gasteiger partial charge in [0.05, 0.1) is 24.6 Å². The van der Waals surface area contributed by atoms with Crippen molar-refractivity contribution in [3.63, 3.8) is 0 Å². The maximum atomic E-state index is 11.9. The number of carboxylic acid groups (broad SMARTS) is 2. The van der Waals surface area contributed by atoms with E-state index in [-0.39, 0.29) is 64.0 Å². The molecule has 1 heterocycles. The van der Waals surface area contributed by atoms with Gasteiger partial charge in [-0.2, -0.15) is 0 Å². The second-order valence-electron chi connectivity index (χ2n) is 6.85. The molecule has 2 N–H and O–H groups in total. The number of ether oxygens (including phenoxy) is 1. The average Bonchev–Trinajstić information content (AvgIpc) is 2.59. The molecule has 1 aliphatic rings. The average molecular weight is 443 g/mol. The Bertz CT molecular complexity index is 510. The fraction of sp³-hybridized carbons (Fsp3) is 0.824. The normalized spacial score (nSPS) is 19.2. The van der Waals surface area contributed by atoms with Crippen LogP contribution < -0.4 is 15.5 Å². The predicted octanol–water partition coefficient (Wildman–Crippen LogP) is -5.46. The van der Waals surface area contributed by atoms with Crippen molar-refractivity contribution in [1.82, 2.24) is 20.0 Å². The van der Waals surface area contributed by atoms with Crippen LogP contribution in [0.5, 0.6) is 0 Å². The standard InChI is InChI=1S/C17H32N4O7.Ca/c1-14(22)13-28-17(27)12-20-5-3-18-2-4-19(10-15(23)24)6-8-21(9-7-20)11-16(25)26;/h14,18,22H,2-13H2,1H3,(H,23,24)(H,25,26);/q;+2/p-2. The van der Waals surface area contributed by atoms with Gasteiger partial charge in [0.2, 0.25) is 0 Å². The van der Waals surface area contributed by atoms with Gasteiger partial charge in [0.25, 0.3) is 0 Å². The largest absolute Gasteiger partial charge is 2.00 e. The van der Waals surface area contributed by atoms with Gasteiger partial charge in [-0.3, -0.25) is 19.5 Å². The summed E-state index contributed by atoms with van der Waals surface area (Å²) in [6, 6.07) is 0. The molecule has 0 saturated carbocycles. The Morgan fingerprint density at radius 1 is 0.897 bits per heavy atom. The van der Waals surface area contributed by atoms with E-state index in [0.717, 1.165) is 0 Å². The number of hydrogen-bond acceptors (Lipinski definition) is 11. The number of hydrogen-bond donors (Lipinski definition) is 2. The third-order valence-electron chi connectivity index (χ3n) is 4.22. The molecule has 0 aromatic heterocycles. The first-order valence-corrected chi connectivity index (χ1v) is 9.37. The van der Waals surface area contributed by atoms with Crippen molar-refractivity contribution in [1.29, 1.82) is 0 Å². The van der Waals surface area contributed by atoms with Crippen LogP contribution in [0, 0.1) is 0 Å². The molecule has 0 aliphatic carbocycles. The zero-order valence-electron chi connectivity index (χ0n) is 17.0. The number of rotatable bonds is 8. The summed E-state index contributed by atoms with van der Waals surface area (Å²) < 4.78 is 4.98. The molecule has 29 heavy (non-hydrogen) atoms. The number of nitrogens with zero attached hydrogens (tertiary/aromatic N) is 3. The molecule has 1 rings (SSSR count). The first kappa shape index (κ1) is 28.5. The Hall–Kier alpha value is -0.530. The minimum absolute atomic E-state index is 0. The molecule has 0 aromatic carbocycles. The molecule has 0 aromatic rings. The number of carbonyl (C=O) groups excluding carboxylic acids is 3. The number of esters is 1. The molecular weight excluding hydrogens is 412 g/mol. The van der Waals surface area contributed by atoms with Crippen molar-refractivity contribution in [3.8, 4) is 0 Å². The molecular formula is C17H30CaN4O7. The van der Waals surface area contributed by atoms with E-state index < -0.39 is 24.0 Å². The van der Waals surface area contributed by atoms with E-state index in [1.807, 2.05) is 4.90 Å². The van der Waals surface area contributed by atoms with Gasteiger partial charge >= 0.3 is 43.7 Å². The second-order valence-corrected chi connectivity index (χ2v) is 6.85. The summed E-state index contributed by atoms with van der Waals surface area (Å²) in [5.74, 6) is -2.86. The minimum Gasteiger partial charge on any atom is -0.549 e. The second kappa shape index (κ2) is 16.2. The zero-order chi connectivity index (χ0) is 20.9. The van der Waals surface area contributed by atoms with Gasteiger partial charge in [-0.25, -0.2) is 0 Å². The first-order valence-electron chi connectivity index (χ1n) is 9.37. The van der Waals surface area contributed by atoms with Gasteiger partial charge in [-0.1, -0.05) is 0 Å². The van der Waals surface area contributed by atoms with Crippen LogP contribution in [0.15, 0.2) is 0 Å². The van der Waals surface area contributed by atoms with Crippen LogP contribution in [0.25, 0.3) is 0 Å². The van der Waals surface area contributed by atoms with E-state index in [9.17, 15) is 29.7 Å². The van der Waals surface area contributed by atoms with Gasteiger partial charge in [0.1, 0.15) is 6.61 Å². The van der Waals surface area contributed by atoms with Crippen LogP contribution in [0.2, 0.25) is 0 Å². The van der Waals surface area contributed by atoms with E-state index >= 15 is 0 Å². The Balaban J connectivity index is 0.00000784. The SMILES string of the molecule is CC(O)COC(=O)CN1CCNCCN(CC(=O)[O-])CCN(CC(=O)[O-])CC1.[Ca+2]. The van der Waals surface area contributed by atoms with Crippen LogP contribution >= 0.6 is 0 Å². The van der Waals surface area contributed by atoms with E-state index in [1.54, 1.807) is 9.80 Å². The fourth-order valence-corrected chi connectivity index (χ4v) is 2.78. The molecule has 11 nitrogen and oxygen atoms in total. The number of carboxylic acids is 2. The first-order chi connectivity index (χ1) is 13.3. The molecule has 0 bridgehead atoms. The van der Waals surface area contributed by atoms with Crippen LogP contribution in [0.3, 0.4) is 0 Å². The number of carbonyl (C=O) groups is 3. The van der Waals surface area contributed by atoms with Crippen molar-refractivity contribution in [2.45, 2.75) is 13.0 Å². The molecule has 1 fully saturated rings. The molecule has 0 spiro atoms. The quantitative estimate of drug-likeness (QED) is 0.274. The predicted molar refractivity (Wildman–Crippen MR) is 101 cm³/mol. The molecule has 12 heteroatoms. The molecule has 1 unspecified atom stereocenters. The molecule has 0 amide bonds. The van der Waals surface area contributed by atoms with E-state index in [2.05, 4.69) is 5.32 Å². The molecule has 1 aliphatic heterocycles. The van der Waals surface area contributed by atoms with E-state index in [0.29, 0.717) is 52.4 Å². The fourth-order valence-electron chi connectivity index (χ4n) is 2.78. The van der Waals surface area contributed by atoms with Crippen LogP contribution in [0.4, 0.5) is 0 Å². The number of aliphatic carboxylic acids is 2. The number of aliphatic hydroxyl groups excluding tert-OH is 1. The van der Waals surface area contributed by atoms with Crippen LogP contribution in [-0.2, 0) is 19.1 Å². The van der Waals surface area contributed by atoms with Crippen LogP contribution in [0.1, 0.15) is 6.92 Å². The van der Waals surface area contributed by atoms with Gasteiger partial charge in [0, 0.05) is 65.4 Å². The molecule has 0 radical (unpaired) electrons. The van der Waals surface area contributed by atoms with Crippen molar-refractivity contribution in [3.05, 3.63) is 0 Å². The summed E-state index contributed by atoms with van der Waals surface area (Å²) in [6.07, 6.45) is -0.737. The minimum atomic E-state index is -1.22. The third kappa shape index (κ3) is 15.0. The summed E-state index contributed by atoms with van der Waals surface area (Å²) >= 11 is 0. The van der Waals surface area contributed by atoms with Crippen molar-refractivity contribution in [2.75, 3.05) is 78.6 Å². The number of nitrogens with one attached hydrogen (secondary N) is 1. The number of aliphatic hydroxyl groups is 1. The van der Waals surface area contributed by atoms with Gasteiger partial charge < -0.3 is 35.0 Å².